The van der Waals surface area contributed by atoms with Crippen LogP contribution in [0.1, 0.15) is 41.0 Å². The number of rotatable bonds is 2. The van der Waals surface area contributed by atoms with Crippen molar-refractivity contribution in [3.8, 4) is 0 Å². The third-order valence-electron chi connectivity index (χ3n) is 4.11. The van der Waals surface area contributed by atoms with E-state index in [0.29, 0.717) is 35.2 Å². The first-order valence-electron chi connectivity index (χ1n) is 8.77. The Balaban J connectivity index is 2.34. The molecule has 1 aliphatic rings. The molecule has 0 radical (unpaired) electrons. The van der Waals surface area contributed by atoms with Crippen LogP contribution < -0.4 is 4.90 Å². The van der Waals surface area contributed by atoms with Crippen molar-refractivity contribution in [1.82, 2.24) is 4.90 Å². The predicted octanol–water partition coefficient (Wildman–Crippen LogP) is 4.99. The third kappa shape index (κ3) is 4.83. The predicted molar refractivity (Wildman–Crippen MR) is 105 cm³/mol. The van der Waals surface area contributed by atoms with E-state index >= 15 is 0 Å². The highest BCUT2D eigenvalue weighted by molar-refractivity contribution is 6.42. The van der Waals surface area contributed by atoms with Gasteiger partial charge in [-0.2, -0.15) is 0 Å². The number of amides is 2. The van der Waals surface area contributed by atoms with Gasteiger partial charge in [-0.3, -0.25) is 9.69 Å². The van der Waals surface area contributed by atoms with Gasteiger partial charge in [-0.05, 0) is 51.3 Å². The van der Waals surface area contributed by atoms with E-state index in [0.717, 1.165) is 0 Å². The second-order valence-corrected chi connectivity index (χ2v) is 8.62. The molecule has 1 atom stereocenters. The first-order chi connectivity index (χ1) is 12.0. The summed E-state index contributed by atoms with van der Waals surface area (Å²) in [6, 6.07) is 4.53. The van der Waals surface area contributed by atoms with Gasteiger partial charge in [0.2, 0.25) is 5.91 Å². The third-order valence-corrected chi connectivity index (χ3v) is 4.85. The Morgan fingerprint density at radius 1 is 1.19 bits per heavy atom. The maximum absolute atomic E-state index is 13.3. The van der Waals surface area contributed by atoms with Gasteiger partial charge in [-0.15, -0.1) is 0 Å². The Morgan fingerprint density at radius 3 is 2.38 bits per heavy atom. The second kappa shape index (κ2) is 8.05. The van der Waals surface area contributed by atoms with E-state index in [9.17, 15) is 9.59 Å². The van der Waals surface area contributed by atoms with Crippen molar-refractivity contribution in [2.75, 3.05) is 18.0 Å². The maximum atomic E-state index is 13.3. The van der Waals surface area contributed by atoms with Gasteiger partial charge in [0.25, 0.3) is 0 Å². The first-order valence-corrected chi connectivity index (χ1v) is 9.53. The number of hydrogen-bond donors (Lipinski definition) is 0. The number of benzene rings is 1. The maximum Gasteiger partial charge on any atom is 0.410 e. The Bertz CT molecular complexity index is 686. The average molecular weight is 401 g/mol. The molecule has 1 aliphatic heterocycles. The summed E-state index contributed by atoms with van der Waals surface area (Å²) < 4.78 is 5.51. The van der Waals surface area contributed by atoms with Crippen LogP contribution in [0.2, 0.25) is 10.0 Å². The number of carbonyl (C=O) groups is 2. The normalized spacial score (nSPS) is 18.9. The van der Waals surface area contributed by atoms with Crippen LogP contribution in [0.3, 0.4) is 0 Å². The van der Waals surface area contributed by atoms with Gasteiger partial charge in [0.15, 0.2) is 0 Å². The van der Waals surface area contributed by atoms with Crippen LogP contribution in [-0.4, -0.2) is 41.6 Å². The average Bonchev–Trinajstić information content (AvgIpc) is 2.67. The minimum atomic E-state index is -0.614. The second-order valence-electron chi connectivity index (χ2n) is 7.80. The molecule has 0 bridgehead atoms. The van der Waals surface area contributed by atoms with Crippen LogP contribution >= 0.6 is 23.2 Å². The Hall–Kier alpha value is -1.46. The number of halogens is 2. The molecule has 1 aromatic carbocycles. The van der Waals surface area contributed by atoms with Crippen molar-refractivity contribution >= 4 is 40.9 Å². The lowest BCUT2D eigenvalue weighted by molar-refractivity contribution is -0.124. The lowest BCUT2D eigenvalue weighted by atomic mass is 10.0. The van der Waals surface area contributed by atoms with Crippen LogP contribution in [0, 0.1) is 5.92 Å². The van der Waals surface area contributed by atoms with Crippen molar-refractivity contribution in [3.05, 3.63) is 28.2 Å². The number of hydrogen-bond acceptors (Lipinski definition) is 3. The van der Waals surface area contributed by atoms with E-state index in [1.165, 1.54) is 0 Å². The molecule has 0 spiro atoms. The van der Waals surface area contributed by atoms with Gasteiger partial charge >= 0.3 is 6.09 Å². The Labute approximate surface area is 165 Å². The van der Waals surface area contributed by atoms with Crippen LogP contribution in [0.5, 0.6) is 0 Å². The van der Waals surface area contributed by atoms with Crippen LogP contribution in [-0.2, 0) is 9.53 Å². The topological polar surface area (TPSA) is 49.9 Å². The Kier molecular flexibility index (Phi) is 6.46. The molecule has 144 valence electrons. The molecule has 0 N–H and O–H groups in total. The van der Waals surface area contributed by atoms with E-state index in [1.54, 1.807) is 28.0 Å². The molecule has 1 heterocycles. The van der Waals surface area contributed by atoms with Crippen molar-refractivity contribution in [2.45, 2.75) is 52.7 Å². The minimum absolute atomic E-state index is 0.0570. The van der Waals surface area contributed by atoms with Crippen molar-refractivity contribution in [3.63, 3.8) is 0 Å². The number of ether oxygens (including phenoxy) is 1. The van der Waals surface area contributed by atoms with Gasteiger partial charge in [0, 0.05) is 18.8 Å². The molecular weight excluding hydrogens is 375 g/mol. The van der Waals surface area contributed by atoms with E-state index in [1.807, 2.05) is 34.6 Å². The molecule has 1 saturated heterocycles. The van der Waals surface area contributed by atoms with Crippen LogP contribution in [0.15, 0.2) is 18.2 Å². The standard InChI is InChI=1S/C19H26Cl2N2O3/c1-12(2)16-17(24)22(13-7-8-14(20)15(21)11-13)9-6-10-23(16)18(25)26-19(3,4)5/h7-8,11-12,16H,6,9-10H2,1-5H3. The van der Waals surface area contributed by atoms with Gasteiger partial charge in [-0.25, -0.2) is 4.79 Å². The fraction of sp³-hybridized carbons (Fsp3) is 0.579. The molecule has 5 nitrogen and oxygen atoms in total. The van der Waals surface area contributed by atoms with E-state index < -0.39 is 17.7 Å². The summed E-state index contributed by atoms with van der Waals surface area (Å²) in [7, 11) is 0. The summed E-state index contributed by atoms with van der Waals surface area (Å²) in [6.07, 6.45) is 0.189. The quantitative estimate of drug-likeness (QED) is 0.702. The first kappa shape index (κ1) is 20.8. The number of nitrogens with zero attached hydrogens (tertiary/aromatic N) is 2. The summed E-state index contributed by atoms with van der Waals surface area (Å²) in [6.45, 7) is 10.3. The summed E-state index contributed by atoms with van der Waals surface area (Å²) in [5.41, 5.74) is 0.0678. The monoisotopic (exact) mass is 400 g/mol. The largest absolute Gasteiger partial charge is 0.444 e. The van der Waals surface area contributed by atoms with Crippen LogP contribution in [0.4, 0.5) is 10.5 Å². The molecule has 2 rings (SSSR count). The molecule has 2 amide bonds. The fourth-order valence-electron chi connectivity index (χ4n) is 3.02. The molecule has 1 fully saturated rings. The molecule has 1 unspecified atom stereocenters. The zero-order chi connectivity index (χ0) is 19.6. The highest BCUT2D eigenvalue weighted by Gasteiger charge is 2.39. The smallest absolute Gasteiger partial charge is 0.410 e. The molecular formula is C19H26Cl2N2O3. The SMILES string of the molecule is CC(C)C1C(=O)N(c2ccc(Cl)c(Cl)c2)CCCN1C(=O)OC(C)(C)C. The van der Waals surface area contributed by atoms with E-state index in [-0.39, 0.29) is 11.8 Å². The molecule has 0 aliphatic carbocycles. The zero-order valence-corrected chi connectivity index (χ0v) is 17.4. The molecule has 0 aromatic heterocycles. The zero-order valence-electron chi connectivity index (χ0n) is 15.9. The van der Waals surface area contributed by atoms with Crippen molar-refractivity contribution in [1.29, 1.82) is 0 Å². The molecule has 26 heavy (non-hydrogen) atoms. The van der Waals surface area contributed by atoms with Gasteiger partial charge in [0.1, 0.15) is 11.6 Å². The highest BCUT2D eigenvalue weighted by atomic mass is 35.5. The molecule has 7 heteroatoms. The lowest BCUT2D eigenvalue weighted by Gasteiger charge is -2.34. The Morgan fingerprint density at radius 2 is 1.85 bits per heavy atom. The lowest BCUT2D eigenvalue weighted by Crippen LogP contribution is -2.52. The summed E-state index contributed by atoms with van der Waals surface area (Å²) in [5.74, 6) is -0.194. The van der Waals surface area contributed by atoms with Gasteiger partial charge < -0.3 is 9.64 Å². The van der Waals surface area contributed by atoms with Crippen molar-refractivity contribution < 1.29 is 14.3 Å². The van der Waals surface area contributed by atoms with Gasteiger partial charge in [-0.1, -0.05) is 37.0 Å². The summed E-state index contributed by atoms with van der Waals surface area (Å²) in [4.78, 5) is 29.2. The van der Waals surface area contributed by atoms with E-state index in [4.69, 9.17) is 27.9 Å². The number of anilines is 1. The van der Waals surface area contributed by atoms with E-state index in [2.05, 4.69) is 0 Å². The molecule has 0 saturated carbocycles. The van der Waals surface area contributed by atoms with Gasteiger partial charge in [0.05, 0.1) is 10.0 Å². The molecule has 1 aromatic rings. The van der Waals surface area contributed by atoms with Crippen LogP contribution in [0.25, 0.3) is 0 Å². The number of carbonyl (C=O) groups excluding carboxylic acids is 2. The van der Waals surface area contributed by atoms with Crippen molar-refractivity contribution in [2.24, 2.45) is 5.92 Å². The summed E-state index contributed by atoms with van der Waals surface area (Å²) >= 11 is 12.1. The summed E-state index contributed by atoms with van der Waals surface area (Å²) in [5, 5.41) is 0.833. The fourth-order valence-corrected chi connectivity index (χ4v) is 3.31. The minimum Gasteiger partial charge on any atom is -0.444 e. The highest BCUT2D eigenvalue weighted by Crippen LogP contribution is 2.30.